The average molecular weight is 163 g/mol. The molecule has 0 rings (SSSR count). The highest BCUT2D eigenvalue weighted by Crippen LogP contribution is 2.18. The number of hydrogen-bond donors (Lipinski definition) is 2. The number of nitro groups is 1. The van der Waals surface area contributed by atoms with Gasteiger partial charge in [0.1, 0.15) is 6.10 Å². The van der Waals surface area contributed by atoms with Gasteiger partial charge in [0, 0.05) is 24.9 Å². The van der Waals surface area contributed by atoms with E-state index in [1.165, 1.54) is 13.8 Å². The summed E-state index contributed by atoms with van der Waals surface area (Å²) in [5.74, 6) is 0. The first-order valence-electron chi connectivity index (χ1n) is 3.38. The van der Waals surface area contributed by atoms with E-state index < -0.39 is 16.6 Å². The van der Waals surface area contributed by atoms with Crippen LogP contribution in [0.2, 0.25) is 0 Å². The van der Waals surface area contributed by atoms with Gasteiger partial charge in [0.25, 0.3) is 0 Å². The maximum absolute atomic E-state index is 10.4. The number of rotatable bonds is 4. The Balaban J connectivity index is 4.38. The van der Waals surface area contributed by atoms with Crippen molar-refractivity contribution >= 4 is 0 Å². The molecule has 5 heteroatoms. The van der Waals surface area contributed by atoms with Crippen LogP contribution in [0.1, 0.15) is 20.3 Å². The quantitative estimate of drug-likeness (QED) is 0.443. The van der Waals surface area contributed by atoms with Crippen LogP contribution in [0.15, 0.2) is 0 Å². The summed E-state index contributed by atoms with van der Waals surface area (Å²) in [4.78, 5) is 9.83. The van der Waals surface area contributed by atoms with E-state index in [4.69, 9.17) is 10.2 Å². The van der Waals surface area contributed by atoms with Gasteiger partial charge in [-0.2, -0.15) is 0 Å². The van der Waals surface area contributed by atoms with E-state index in [2.05, 4.69) is 0 Å². The Bertz CT molecular complexity index is 148. The molecule has 5 nitrogen and oxygen atoms in total. The van der Waals surface area contributed by atoms with Gasteiger partial charge < -0.3 is 10.2 Å². The van der Waals surface area contributed by atoms with Crippen LogP contribution >= 0.6 is 0 Å². The zero-order valence-corrected chi connectivity index (χ0v) is 6.65. The van der Waals surface area contributed by atoms with E-state index in [9.17, 15) is 10.1 Å². The molecule has 0 aromatic rings. The molecular formula is C6H13NO4. The van der Waals surface area contributed by atoms with E-state index in [0.717, 1.165) is 0 Å². The Morgan fingerprint density at radius 1 is 1.73 bits per heavy atom. The van der Waals surface area contributed by atoms with Crippen LogP contribution in [0.25, 0.3) is 0 Å². The van der Waals surface area contributed by atoms with Crippen molar-refractivity contribution in [3.8, 4) is 0 Å². The SMILES string of the molecule is CC(O)C(C)(CCO)[N+](=O)[O-]. The monoisotopic (exact) mass is 163 g/mol. The van der Waals surface area contributed by atoms with E-state index in [0.29, 0.717) is 0 Å². The van der Waals surface area contributed by atoms with Crippen molar-refractivity contribution in [3.63, 3.8) is 0 Å². The van der Waals surface area contributed by atoms with Gasteiger partial charge in [-0.15, -0.1) is 0 Å². The van der Waals surface area contributed by atoms with Gasteiger partial charge in [-0.1, -0.05) is 0 Å². The first kappa shape index (κ1) is 10.3. The molecule has 2 atom stereocenters. The second-order valence-corrected chi connectivity index (χ2v) is 2.76. The van der Waals surface area contributed by atoms with E-state index >= 15 is 0 Å². The third-order valence-electron chi connectivity index (χ3n) is 1.94. The Kier molecular flexibility index (Phi) is 3.41. The van der Waals surface area contributed by atoms with Crippen LogP contribution in [0, 0.1) is 10.1 Å². The fourth-order valence-electron chi connectivity index (χ4n) is 0.679. The van der Waals surface area contributed by atoms with Crippen LogP contribution in [0.5, 0.6) is 0 Å². The van der Waals surface area contributed by atoms with E-state index in [-0.39, 0.29) is 13.0 Å². The summed E-state index contributed by atoms with van der Waals surface area (Å²) in [6, 6.07) is 0. The summed E-state index contributed by atoms with van der Waals surface area (Å²) >= 11 is 0. The van der Waals surface area contributed by atoms with Gasteiger partial charge in [0.15, 0.2) is 0 Å². The summed E-state index contributed by atoms with van der Waals surface area (Å²) < 4.78 is 0. The molecule has 0 aliphatic heterocycles. The lowest BCUT2D eigenvalue weighted by atomic mass is 9.93. The third kappa shape index (κ3) is 2.13. The maximum atomic E-state index is 10.4. The fraction of sp³-hybridized carbons (Fsp3) is 1.00. The zero-order chi connectivity index (χ0) is 9.07. The molecule has 0 saturated heterocycles. The lowest BCUT2D eigenvalue weighted by Gasteiger charge is -2.22. The molecule has 0 spiro atoms. The van der Waals surface area contributed by atoms with Crippen LogP contribution in [-0.4, -0.2) is 33.4 Å². The second-order valence-electron chi connectivity index (χ2n) is 2.76. The molecule has 0 saturated carbocycles. The van der Waals surface area contributed by atoms with Gasteiger partial charge in [0.2, 0.25) is 5.54 Å². The minimum Gasteiger partial charge on any atom is -0.396 e. The van der Waals surface area contributed by atoms with Gasteiger partial charge in [-0.25, -0.2) is 0 Å². The molecule has 0 aromatic heterocycles. The third-order valence-corrected chi connectivity index (χ3v) is 1.94. The Morgan fingerprint density at radius 2 is 2.18 bits per heavy atom. The predicted molar refractivity (Wildman–Crippen MR) is 38.8 cm³/mol. The zero-order valence-electron chi connectivity index (χ0n) is 6.65. The number of nitrogens with zero attached hydrogens (tertiary/aromatic N) is 1. The number of aliphatic hydroxyl groups is 2. The first-order chi connectivity index (χ1) is 4.95. The highest BCUT2D eigenvalue weighted by atomic mass is 16.6. The van der Waals surface area contributed by atoms with E-state index in [1.807, 2.05) is 0 Å². The topological polar surface area (TPSA) is 83.6 Å². The maximum Gasteiger partial charge on any atom is 0.246 e. The molecule has 11 heavy (non-hydrogen) atoms. The molecule has 0 aliphatic carbocycles. The lowest BCUT2D eigenvalue weighted by Crippen LogP contribution is -2.45. The standard InChI is InChI=1S/C6H13NO4/c1-5(9)6(2,3-4-8)7(10)11/h5,8-9H,3-4H2,1-2H3. The minimum absolute atomic E-state index is 0.0301. The van der Waals surface area contributed by atoms with Gasteiger partial charge in [-0.05, 0) is 6.92 Å². The van der Waals surface area contributed by atoms with Crippen molar-refractivity contribution < 1.29 is 15.1 Å². The second kappa shape index (κ2) is 3.64. The van der Waals surface area contributed by atoms with Crippen LogP contribution in [-0.2, 0) is 0 Å². The van der Waals surface area contributed by atoms with Crippen molar-refractivity contribution in [2.45, 2.75) is 31.9 Å². The first-order valence-corrected chi connectivity index (χ1v) is 3.38. The summed E-state index contributed by atoms with van der Waals surface area (Å²) in [5, 5.41) is 27.9. The number of aliphatic hydroxyl groups excluding tert-OH is 2. The van der Waals surface area contributed by atoms with Gasteiger partial charge >= 0.3 is 0 Å². The molecule has 0 aliphatic rings. The normalized spacial score (nSPS) is 18.9. The highest BCUT2D eigenvalue weighted by Gasteiger charge is 2.41. The Labute approximate surface area is 64.8 Å². The minimum atomic E-state index is -1.42. The summed E-state index contributed by atoms with van der Waals surface area (Å²) in [7, 11) is 0. The predicted octanol–water partition coefficient (Wildman–Crippen LogP) is -0.215. The van der Waals surface area contributed by atoms with Crippen molar-refractivity contribution in [3.05, 3.63) is 10.1 Å². The molecule has 0 radical (unpaired) electrons. The van der Waals surface area contributed by atoms with Crippen LogP contribution in [0.4, 0.5) is 0 Å². The summed E-state index contributed by atoms with van der Waals surface area (Å²) in [6.07, 6.45) is -1.08. The van der Waals surface area contributed by atoms with E-state index in [1.54, 1.807) is 0 Å². The highest BCUT2D eigenvalue weighted by molar-refractivity contribution is 4.78. The Morgan fingerprint density at radius 3 is 2.27 bits per heavy atom. The fourth-order valence-corrected chi connectivity index (χ4v) is 0.679. The van der Waals surface area contributed by atoms with Crippen molar-refractivity contribution in [1.82, 2.24) is 0 Å². The van der Waals surface area contributed by atoms with Gasteiger partial charge in [0.05, 0.1) is 0 Å². The molecule has 2 unspecified atom stereocenters. The molecule has 66 valence electrons. The molecule has 0 heterocycles. The van der Waals surface area contributed by atoms with Crippen molar-refractivity contribution in [2.75, 3.05) is 6.61 Å². The largest absolute Gasteiger partial charge is 0.396 e. The smallest absolute Gasteiger partial charge is 0.246 e. The molecule has 0 aromatic carbocycles. The van der Waals surface area contributed by atoms with Crippen LogP contribution in [0.3, 0.4) is 0 Å². The van der Waals surface area contributed by atoms with Crippen molar-refractivity contribution in [1.29, 1.82) is 0 Å². The summed E-state index contributed by atoms with van der Waals surface area (Å²) in [6.45, 7) is 2.37. The van der Waals surface area contributed by atoms with Crippen molar-refractivity contribution in [2.24, 2.45) is 0 Å². The lowest BCUT2D eigenvalue weighted by molar-refractivity contribution is -0.579. The molecule has 0 amide bonds. The summed E-state index contributed by atoms with van der Waals surface area (Å²) in [5.41, 5.74) is -1.42. The molecule has 0 bridgehead atoms. The molecule has 0 fully saturated rings. The van der Waals surface area contributed by atoms with Gasteiger partial charge in [-0.3, -0.25) is 10.1 Å². The number of hydrogen-bond acceptors (Lipinski definition) is 4. The molecular weight excluding hydrogens is 150 g/mol. The Hall–Kier alpha value is -0.680. The van der Waals surface area contributed by atoms with Crippen LogP contribution < -0.4 is 0 Å². The average Bonchev–Trinajstić information content (AvgIpc) is 1.87. The molecule has 2 N–H and O–H groups in total.